The molecular weight excluding hydrogens is 506 g/mol. The Kier molecular flexibility index (Phi) is 13.2. The molecule has 1 heterocycles. The van der Waals surface area contributed by atoms with Crippen LogP contribution in [-0.2, 0) is 30.4 Å². The number of nitrogens with zero attached hydrogens (tertiary/aromatic N) is 2. The van der Waals surface area contributed by atoms with Crippen molar-refractivity contribution in [1.82, 2.24) is 25.9 Å². The molecule has 0 spiro atoms. The van der Waals surface area contributed by atoms with Crippen LogP contribution in [0.1, 0.15) is 38.3 Å². The zero-order chi connectivity index (χ0) is 28.8. The molecule has 0 fully saturated rings. The number of amides is 3. The Hall–Kier alpha value is -4.25. The number of aromatic amines is 1. The van der Waals surface area contributed by atoms with Gasteiger partial charge in [-0.25, -0.2) is 9.78 Å². The first kappa shape index (κ1) is 31.8. The molecule has 0 aliphatic carbocycles. The standard InChI is InChI=1S/C21H35N9O8/c1-10(31)16(30-17(34)12(22)7-11-8-25-9-27-11)19(36)28-13(4-5-15(32)33)18(35)29-14(20(37)38)3-2-6-26-21(23)24/h8-10,12-14,16,31H,2-7,22H2,1H3,(H,25,27)(H,28,36)(H,29,35)(H,30,34)(H,32,33)(H,37,38)(H4,23,24,26). The van der Waals surface area contributed by atoms with Crippen LogP contribution in [0.4, 0.5) is 0 Å². The van der Waals surface area contributed by atoms with Gasteiger partial charge >= 0.3 is 11.9 Å². The van der Waals surface area contributed by atoms with Crippen LogP contribution in [0.15, 0.2) is 17.5 Å². The topological polar surface area (TPSA) is 301 Å². The lowest BCUT2D eigenvalue weighted by Crippen LogP contribution is -2.60. The second kappa shape index (κ2) is 15.8. The number of nitrogens with one attached hydrogen (secondary N) is 4. The van der Waals surface area contributed by atoms with E-state index >= 15 is 0 Å². The fourth-order valence-electron chi connectivity index (χ4n) is 3.22. The molecule has 13 N–H and O–H groups in total. The average Bonchev–Trinajstić information content (AvgIpc) is 3.33. The highest BCUT2D eigenvalue weighted by Gasteiger charge is 2.32. The summed E-state index contributed by atoms with van der Waals surface area (Å²) < 4.78 is 0. The van der Waals surface area contributed by atoms with Crippen molar-refractivity contribution < 1.29 is 39.3 Å². The number of carboxylic acid groups (broad SMARTS) is 2. The van der Waals surface area contributed by atoms with Gasteiger partial charge in [-0.05, 0) is 26.2 Å². The average molecular weight is 542 g/mol. The van der Waals surface area contributed by atoms with Crippen molar-refractivity contribution in [2.24, 2.45) is 22.2 Å². The predicted molar refractivity (Wildman–Crippen MR) is 132 cm³/mol. The zero-order valence-electron chi connectivity index (χ0n) is 20.8. The van der Waals surface area contributed by atoms with E-state index < -0.39 is 72.8 Å². The van der Waals surface area contributed by atoms with Crippen LogP contribution < -0.4 is 33.2 Å². The van der Waals surface area contributed by atoms with E-state index in [9.17, 15) is 34.2 Å². The number of hydrogen-bond donors (Lipinski definition) is 10. The molecule has 0 aromatic carbocycles. The molecule has 1 aromatic heterocycles. The van der Waals surface area contributed by atoms with E-state index in [2.05, 4.69) is 30.9 Å². The van der Waals surface area contributed by atoms with E-state index in [0.717, 1.165) is 0 Å². The summed E-state index contributed by atoms with van der Waals surface area (Å²) in [5.41, 5.74) is 16.8. The van der Waals surface area contributed by atoms with Crippen LogP contribution in [0.5, 0.6) is 0 Å². The lowest BCUT2D eigenvalue weighted by molar-refractivity contribution is -0.143. The number of carbonyl (C=O) groups is 5. The van der Waals surface area contributed by atoms with Gasteiger partial charge in [0.1, 0.15) is 18.1 Å². The third-order valence-electron chi connectivity index (χ3n) is 5.23. The molecule has 0 saturated heterocycles. The summed E-state index contributed by atoms with van der Waals surface area (Å²) in [7, 11) is 0. The van der Waals surface area contributed by atoms with Crippen molar-refractivity contribution in [2.45, 2.75) is 69.3 Å². The number of guanidine groups is 1. The number of carboxylic acids is 2. The molecule has 17 heteroatoms. The molecule has 5 unspecified atom stereocenters. The van der Waals surface area contributed by atoms with Crippen molar-refractivity contribution in [2.75, 3.05) is 6.54 Å². The number of carbonyl (C=O) groups excluding carboxylic acids is 3. The Morgan fingerprint density at radius 2 is 1.68 bits per heavy atom. The third-order valence-corrected chi connectivity index (χ3v) is 5.23. The molecule has 1 rings (SSSR count). The molecule has 0 aliphatic rings. The molecule has 0 radical (unpaired) electrons. The van der Waals surface area contributed by atoms with Gasteiger partial charge in [0.05, 0.1) is 18.5 Å². The van der Waals surface area contributed by atoms with Gasteiger partial charge in [0.2, 0.25) is 17.7 Å². The summed E-state index contributed by atoms with van der Waals surface area (Å²) in [5.74, 6) is -5.58. The van der Waals surface area contributed by atoms with Crippen LogP contribution in [0, 0.1) is 0 Å². The molecular formula is C21H35N9O8. The predicted octanol–water partition coefficient (Wildman–Crippen LogP) is -3.88. The van der Waals surface area contributed by atoms with Crippen LogP contribution in [-0.4, -0.2) is 97.7 Å². The zero-order valence-corrected chi connectivity index (χ0v) is 20.8. The number of nitrogens with two attached hydrogens (primary N) is 3. The van der Waals surface area contributed by atoms with E-state index in [1.165, 1.54) is 19.4 Å². The summed E-state index contributed by atoms with van der Waals surface area (Å²) in [5, 5.41) is 35.4. The highest BCUT2D eigenvalue weighted by atomic mass is 16.4. The third kappa shape index (κ3) is 11.7. The minimum Gasteiger partial charge on any atom is -0.481 e. The summed E-state index contributed by atoms with van der Waals surface area (Å²) in [6.45, 7) is 1.33. The Bertz CT molecular complexity index is 979. The van der Waals surface area contributed by atoms with Gasteiger partial charge in [-0.15, -0.1) is 0 Å². The quantitative estimate of drug-likeness (QED) is 0.0514. The molecule has 212 valence electrons. The maximum atomic E-state index is 12.9. The van der Waals surface area contributed by atoms with Crippen LogP contribution in [0.3, 0.4) is 0 Å². The maximum absolute atomic E-state index is 12.9. The van der Waals surface area contributed by atoms with Gasteiger partial charge in [0, 0.05) is 31.3 Å². The number of aliphatic carboxylic acids is 2. The SMILES string of the molecule is CC(O)C(NC(=O)C(N)Cc1cnc[nH]1)C(=O)NC(CCC(=O)O)C(=O)NC(CCCN=C(N)N)C(=O)O. The Balaban J connectivity index is 2.91. The second-order valence-corrected chi connectivity index (χ2v) is 8.46. The van der Waals surface area contributed by atoms with Crippen molar-refractivity contribution in [3.63, 3.8) is 0 Å². The number of aliphatic imine (C=N–C) groups is 1. The smallest absolute Gasteiger partial charge is 0.326 e. The highest BCUT2D eigenvalue weighted by molar-refractivity contribution is 5.94. The molecule has 1 aromatic rings. The lowest BCUT2D eigenvalue weighted by atomic mass is 10.1. The van der Waals surface area contributed by atoms with Gasteiger partial charge in [-0.2, -0.15) is 0 Å². The van der Waals surface area contributed by atoms with E-state index in [0.29, 0.717) is 5.69 Å². The molecule has 17 nitrogen and oxygen atoms in total. The first-order chi connectivity index (χ1) is 17.8. The summed E-state index contributed by atoms with van der Waals surface area (Å²) in [6, 6.07) is -5.53. The van der Waals surface area contributed by atoms with E-state index in [-0.39, 0.29) is 31.8 Å². The number of aromatic nitrogens is 2. The number of imidazole rings is 1. The van der Waals surface area contributed by atoms with E-state index in [4.69, 9.17) is 22.3 Å². The van der Waals surface area contributed by atoms with Crippen LogP contribution in [0.2, 0.25) is 0 Å². The summed E-state index contributed by atoms with van der Waals surface area (Å²) in [4.78, 5) is 71.2. The minimum atomic E-state index is -1.55. The number of hydrogen-bond acceptors (Lipinski definition) is 9. The second-order valence-electron chi connectivity index (χ2n) is 8.46. The van der Waals surface area contributed by atoms with Gasteiger partial charge in [0.15, 0.2) is 5.96 Å². The van der Waals surface area contributed by atoms with Gasteiger partial charge in [-0.3, -0.25) is 24.2 Å². The van der Waals surface area contributed by atoms with Crippen molar-refractivity contribution in [1.29, 1.82) is 0 Å². The summed E-state index contributed by atoms with van der Waals surface area (Å²) >= 11 is 0. The fraction of sp³-hybridized carbons (Fsp3) is 0.571. The first-order valence-corrected chi connectivity index (χ1v) is 11.6. The van der Waals surface area contributed by atoms with Crippen molar-refractivity contribution in [3.8, 4) is 0 Å². The van der Waals surface area contributed by atoms with Gasteiger partial charge in [-0.1, -0.05) is 0 Å². The molecule has 0 saturated carbocycles. The largest absolute Gasteiger partial charge is 0.481 e. The fourth-order valence-corrected chi connectivity index (χ4v) is 3.22. The monoisotopic (exact) mass is 541 g/mol. The Labute approximate surface area is 217 Å². The highest BCUT2D eigenvalue weighted by Crippen LogP contribution is 2.05. The Morgan fingerprint density at radius 3 is 2.21 bits per heavy atom. The number of rotatable bonds is 17. The number of H-pyrrole nitrogens is 1. The van der Waals surface area contributed by atoms with Crippen molar-refractivity contribution >= 4 is 35.6 Å². The van der Waals surface area contributed by atoms with Crippen LogP contribution in [0.25, 0.3) is 0 Å². The molecule has 0 bridgehead atoms. The molecule has 38 heavy (non-hydrogen) atoms. The Morgan fingerprint density at radius 1 is 1.03 bits per heavy atom. The van der Waals surface area contributed by atoms with E-state index in [1.807, 2.05) is 0 Å². The van der Waals surface area contributed by atoms with Crippen molar-refractivity contribution in [3.05, 3.63) is 18.2 Å². The number of aliphatic hydroxyl groups is 1. The van der Waals surface area contributed by atoms with Gasteiger partial charge in [0.25, 0.3) is 0 Å². The maximum Gasteiger partial charge on any atom is 0.326 e. The molecule has 5 atom stereocenters. The first-order valence-electron chi connectivity index (χ1n) is 11.6. The van der Waals surface area contributed by atoms with Crippen LogP contribution >= 0.6 is 0 Å². The molecule has 3 amide bonds. The summed E-state index contributed by atoms with van der Waals surface area (Å²) in [6.07, 6.45) is 0.700. The van der Waals surface area contributed by atoms with Gasteiger partial charge < -0.3 is 53.5 Å². The molecule has 0 aliphatic heterocycles. The minimum absolute atomic E-state index is 0.0575. The normalized spacial score (nSPS) is 14.7. The number of aliphatic hydroxyl groups excluding tert-OH is 1. The van der Waals surface area contributed by atoms with E-state index in [1.54, 1.807) is 0 Å². The lowest BCUT2D eigenvalue weighted by Gasteiger charge is -2.26.